The topological polar surface area (TPSA) is 165 Å². The number of hydrogen-bond acceptors (Lipinski definition) is 8. The van der Waals surface area contributed by atoms with Crippen molar-refractivity contribution in [3.05, 3.63) is 53.1 Å². The zero-order valence-corrected chi connectivity index (χ0v) is 28.6. The molecule has 248 valence electrons. The average Bonchev–Trinajstić information content (AvgIpc) is 3.52. The number of carboxylic acid groups (broad SMARTS) is 1. The Morgan fingerprint density at radius 2 is 1.89 bits per heavy atom. The molecule has 5 N–H and O–H groups in total. The molecule has 0 aromatic heterocycles. The van der Waals surface area contributed by atoms with Crippen LogP contribution in [0.1, 0.15) is 76.3 Å². The van der Waals surface area contributed by atoms with E-state index in [-0.39, 0.29) is 41.1 Å². The maximum Gasteiger partial charge on any atom is 0.323 e. The van der Waals surface area contributed by atoms with Crippen molar-refractivity contribution in [1.82, 2.24) is 14.3 Å². The lowest BCUT2D eigenvalue weighted by Gasteiger charge is -2.28. The van der Waals surface area contributed by atoms with Gasteiger partial charge >= 0.3 is 5.97 Å². The monoisotopic (exact) mass is 700 g/mol. The van der Waals surface area contributed by atoms with Crippen molar-refractivity contribution in [1.29, 1.82) is 0 Å². The average molecular weight is 701 g/mol. The summed E-state index contributed by atoms with van der Waals surface area (Å²) in [5.74, 6) is -1.81. The highest BCUT2D eigenvalue weighted by Crippen LogP contribution is 2.43. The molecule has 4 rings (SSSR count). The number of aliphatic carboxylic acids is 1. The quantitative estimate of drug-likeness (QED) is 0.107. The van der Waals surface area contributed by atoms with Gasteiger partial charge in [-0.05, 0) is 61.7 Å². The fourth-order valence-corrected chi connectivity index (χ4v) is 9.94. The van der Waals surface area contributed by atoms with Crippen molar-refractivity contribution in [2.75, 3.05) is 24.2 Å². The van der Waals surface area contributed by atoms with Gasteiger partial charge in [0, 0.05) is 23.1 Å². The van der Waals surface area contributed by atoms with E-state index in [1.807, 2.05) is 0 Å². The van der Waals surface area contributed by atoms with Gasteiger partial charge in [-0.25, -0.2) is 17.9 Å². The minimum absolute atomic E-state index is 0.0438. The van der Waals surface area contributed by atoms with Gasteiger partial charge < -0.3 is 20.2 Å². The molecular formula is C30H42ClN4O7PS2. The summed E-state index contributed by atoms with van der Waals surface area (Å²) in [5.41, 5.74) is 1.43. The Kier molecular flexibility index (Phi) is 12.8. The molecule has 1 unspecified atom stereocenters. The molecule has 1 heterocycles. The number of unbranched alkanes of at least 4 members (excludes halogenated alkanes) is 1. The van der Waals surface area contributed by atoms with E-state index in [2.05, 4.69) is 21.7 Å². The lowest BCUT2D eigenvalue weighted by molar-refractivity contribution is -0.145. The molecule has 1 aliphatic heterocycles. The van der Waals surface area contributed by atoms with Gasteiger partial charge in [-0.2, -0.15) is 0 Å². The van der Waals surface area contributed by atoms with Crippen LogP contribution in [0.4, 0.5) is 5.69 Å². The highest BCUT2D eigenvalue weighted by molar-refractivity contribution is 7.97. The molecule has 15 heteroatoms. The van der Waals surface area contributed by atoms with E-state index in [1.165, 1.54) is 22.9 Å². The fourth-order valence-electron chi connectivity index (χ4n) is 5.77. The summed E-state index contributed by atoms with van der Waals surface area (Å²) in [5, 5.41) is 12.7. The summed E-state index contributed by atoms with van der Waals surface area (Å²) in [7, 11) is -8.09. The first-order chi connectivity index (χ1) is 21.4. The standard InChI is InChI=1S/C30H42ClN4O7PS2/c1-2-3-15-28-32-25-17-23(31)27(18-26(25)44-33-28)45(41,42)34-24(21-10-5-4-6-11-21)14-9-16-43(39,40)20-29(36)35(19-30(37)38)22-12-7-8-13-22/h4-6,10-11,17-18,22,24,28,32-34H,2-3,7-9,12-16,19-20H2,1H3,(H,37,38)(H,39,40)/t24-,28-/m0/s1. The number of sulfonamides is 1. The molecule has 2 aromatic carbocycles. The molecule has 2 aliphatic rings. The second-order valence-corrected chi connectivity index (χ2v) is 17.1. The first kappa shape index (κ1) is 35.7. The number of carbonyl (C=O) groups is 2. The molecular weight excluding hydrogens is 659 g/mol. The van der Waals surface area contributed by atoms with Crippen LogP contribution in [0.5, 0.6) is 0 Å². The van der Waals surface area contributed by atoms with Gasteiger partial charge in [0.2, 0.25) is 23.3 Å². The summed E-state index contributed by atoms with van der Waals surface area (Å²) in [6, 6.07) is 11.1. The van der Waals surface area contributed by atoms with Crippen molar-refractivity contribution in [3.63, 3.8) is 0 Å². The Labute approximate surface area is 274 Å². The van der Waals surface area contributed by atoms with Crippen molar-refractivity contribution >= 4 is 58.5 Å². The molecule has 45 heavy (non-hydrogen) atoms. The molecule has 1 amide bonds. The summed E-state index contributed by atoms with van der Waals surface area (Å²) < 4.78 is 46.5. The van der Waals surface area contributed by atoms with E-state index < -0.39 is 48.0 Å². The Hall–Kier alpha value is -2.12. The number of carboxylic acids is 1. The van der Waals surface area contributed by atoms with Crippen LogP contribution in [-0.2, 0) is 24.2 Å². The van der Waals surface area contributed by atoms with E-state index in [0.29, 0.717) is 23.3 Å². The van der Waals surface area contributed by atoms with Crippen LogP contribution in [0.25, 0.3) is 0 Å². The smallest absolute Gasteiger partial charge is 0.323 e. The fraction of sp³-hybridized carbons (Fsp3) is 0.533. The number of anilines is 1. The third-order valence-electron chi connectivity index (χ3n) is 8.08. The van der Waals surface area contributed by atoms with Crippen LogP contribution < -0.4 is 14.8 Å². The van der Waals surface area contributed by atoms with Crippen molar-refractivity contribution < 1.29 is 32.6 Å². The van der Waals surface area contributed by atoms with Gasteiger partial charge in [0.1, 0.15) is 17.6 Å². The van der Waals surface area contributed by atoms with Crippen LogP contribution in [0.15, 0.2) is 52.3 Å². The van der Waals surface area contributed by atoms with Crippen LogP contribution in [-0.4, -0.2) is 66.3 Å². The lowest BCUT2D eigenvalue weighted by atomic mass is 10.0. The molecule has 3 atom stereocenters. The summed E-state index contributed by atoms with van der Waals surface area (Å²) in [4.78, 5) is 36.9. The van der Waals surface area contributed by atoms with Crippen LogP contribution in [0.2, 0.25) is 5.02 Å². The van der Waals surface area contributed by atoms with Gasteiger partial charge in [-0.3, -0.25) is 14.2 Å². The molecule has 2 aromatic rings. The maximum absolute atomic E-state index is 13.7. The summed E-state index contributed by atoms with van der Waals surface area (Å²) in [6.07, 6.45) is 5.62. The predicted molar refractivity (Wildman–Crippen MR) is 177 cm³/mol. The van der Waals surface area contributed by atoms with Crippen molar-refractivity contribution in [2.24, 2.45) is 0 Å². The van der Waals surface area contributed by atoms with Crippen molar-refractivity contribution in [3.8, 4) is 0 Å². The van der Waals surface area contributed by atoms with Gasteiger partial charge in [0.05, 0.1) is 16.9 Å². The van der Waals surface area contributed by atoms with Crippen molar-refractivity contribution in [2.45, 2.75) is 92.8 Å². The minimum Gasteiger partial charge on any atom is -0.480 e. The molecule has 1 saturated carbocycles. The van der Waals surface area contributed by atoms with Gasteiger partial charge in [0.25, 0.3) is 0 Å². The number of nitrogens with zero attached hydrogens (tertiary/aromatic N) is 1. The largest absolute Gasteiger partial charge is 0.480 e. The zero-order valence-electron chi connectivity index (χ0n) is 25.3. The SMILES string of the molecule is CCCC[C@@H]1NSc2cc(S(=O)(=O)N[C@@H](CCCP(=O)(O)CC(=O)N(CC(=O)O)C3CCCC3)c3ccccc3)c(Cl)cc2N1. The predicted octanol–water partition coefficient (Wildman–Crippen LogP) is 5.80. The van der Waals surface area contributed by atoms with E-state index in [0.717, 1.165) is 37.8 Å². The third-order valence-corrected chi connectivity index (χ3v) is 12.8. The van der Waals surface area contributed by atoms with Gasteiger partial charge in [-0.15, -0.1) is 0 Å². The molecule has 0 bridgehead atoms. The Morgan fingerprint density at radius 3 is 2.56 bits per heavy atom. The van der Waals surface area contributed by atoms with E-state index in [4.69, 9.17) is 11.6 Å². The number of fused-ring (bicyclic) bond motifs is 1. The molecule has 1 aliphatic carbocycles. The Morgan fingerprint density at radius 1 is 1.18 bits per heavy atom. The number of halogens is 1. The van der Waals surface area contributed by atoms with E-state index >= 15 is 0 Å². The zero-order chi connectivity index (χ0) is 32.6. The second-order valence-electron chi connectivity index (χ2n) is 11.6. The number of rotatable bonds is 16. The van der Waals surface area contributed by atoms with Crippen LogP contribution in [0, 0.1) is 0 Å². The highest BCUT2D eigenvalue weighted by atomic mass is 35.5. The number of hydrogen-bond donors (Lipinski definition) is 5. The Balaban J connectivity index is 1.44. The number of benzene rings is 2. The number of carbonyl (C=O) groups excluding carboxylic acids is 1. The Bertz CT molecular complexity index is 1490. The first-order valence-corrected chi connectivity index (χ1v) is 20.0. The normalized spacial score (nSPS) is 18.9. The molecule has 0 saturated heterocycles. The summed E-state index contributed by atoms with van der Waals surface area (Å²) >= 11 is 7.86. The number of nitrogens with one attached hydrogen (secondary N) is 3. The number of amides is 1. The molecule has 0 radical (unpaired) electrons. The maximum atomic E-state index is 13.7. The minimum atomic E-state index is -4.12. The van der Waals surface area contributed by atoms with Crippen LogP contribution in [0.3, 0.4) is 0 Å². The molecule has 11 nitrogen and oxygen atoms in total. The second kappa shape index (κ2) is 16.1. The highest BCUT2D eigenvalue weighted by Gasteiger charge is 2.33. The molecule has 1 fully saturated rings. The molecule has 0 spiro atoms. The van der Waals surface area contributed by atoms with Gasteiger partial charge in [-0.1, -0.05) is 74.5 Å². The van der Waals surface area contributed by atoms with Gasteiger partial charge in [0.15, 0.2) is 0 Å². The third kappa shape index (κ3) is 10.2. The van der Waals surface area contributed by atoms with E-state index in [1.54, 1.807) is 36.4 Å². The summed E-state index contributed by atoms with van der Waals surface area (Å²) in [6.45, 7) is 1.61. The first-order valence-electron chi connectivity index (χ1n) is 15.3. The lowest BCUT2D eigenvalue weighted by Crippen LogP contribution is -2.43. The van der Waals surface area contributed by atoms with Crippen LogP contribution >= 0.6 is 30.9 Å². The van der Waals surface area contributed by atoms with E-state index in [9.17, 15) is 32.6 Å².